The molecular weight excluding hydrogens is 296 g/mol. The molecular formula is C18H21ClN2O. The first kappa shape index (κ1) is 16.4. The summed E-state index contributed by atoms with van der Waals surface area (Å²) in [5.74, 6) is -0.0304. The van der Waals surface area contributed by atoms with Crippen LogP contribution in [0.15, 0.2) is 36.4 Å². The summed E-state index contributed by atoms with van der Waals surface area (Å²) < 4.78 is 0. The third-order valence-electron chi connectivity index (χ3n) is 3.51. The molecule has 0 unspecified atom stereocenters. The summed E-state index contributed by atoms with van der Waals surface area (Å²) in [5, 5.41) is 6.81. The van der Waals surface area contributed by atoms with Gasteiger partial charge in [0.15, 0.2) is 0 Å². The van der Waals surface area contributed by atoms with E-state index in [0.29, 0.717) is 18.0 Å². The Morgan fingerprint density at radius 3 is 2.50 bits per heavy atom. The lowest BCUT2D eigenvalue weighted by molar-refractivity contribution is -0.115. The van der Waals surface area contributed by atoms with Gasteiger partial charge in [-0.15, -0.1) is 0 Å². The number of nitrogens with one attached hydrogen (secondary N) is 2. The Morgan fingerprint density at radius 1 is 1.05 bits per heavy atom. The van der Waals surface area contributed by atoms with Gasteiger partial charge in [0.1, 0.15) is 0 Å². The standard InChI is InChI=1S/C18H21ClN2O/c1-12-4-7-17(14(3)10-12)20-9-8-18(22)21-15-6-5-13(2)16(19)11-15/h4-7,10-11,20H,8-9H2,1-3H3,(H,21,22). The fraction of sp³-hybridized carbons (Fsp3) is 0.278. The van der Waals surface area contributed by atoms with Crippen molar-refractivity contribution in [3.8, 4) is 0 Å². The first-order valence-electron chi connectivity index (χ1n) is 7.33. The SMILES string of the molecule is Cc1ccc(NCCC(=O)Nc2ccc(C)c(Cl)c2)c(C)c1. The predicted octanol–water partition coefficient (Wildman–Crippen LogP) is 4.71. The second-order valence-electron chi connectivity index (χ2n) is 5.51. The molecule has 0 aromatic heterocycles. The van der Waals surface area contributed by atoms with Crippen molar-refractivity contribution in [2.75, 3.05) is 17.2 Å². The monoisotopic (exact) mass is 316 g/mol. The third kappa shape index (κ3) is 4.50. The normalized spacial score (nSPS) is 10.4. The van der Waals surface area contributed by atoms with E-state index in [1.165, 1.54) is 11.1 Å². The van der Waals surface area contributed by atoms with E-state index >= 15 is 0 Å². The van der Waals surface area contributed by atoms with Gasteiger partial charge in [-0.2, -0.15) is 0 Å². The minimum atomic E-state index is -0.0304. The highest BCUT2D eigenvalue weighted by Gasteiger charge is 2.05. The van der Waals surface area contributed by atoms with Crippen molar-refractivity contribution in [1.29, 1.82) is 0 Å². The van der Waals surface area contributed by atoms with Crippen molar-refractivity contribution in [3.05, 3.63) is 58.1 Å². The van der Waals surface area contributed by atoms with Crippen molar-refractivity contribution in [2.24, 2.45) is 0 Å². The van der Waals surface area contributed by atoms with Crippen LogP contribution in [0.4, 0.5) is 11.4 Å². The molecule has 2 aromatic rings. The van der Waals surface area contributed by atoms with E-state index in [2.05, 4.69) is 36.6 Å². The minimum absolute atomic E-state index is 0.0304. The maximum atomic E-state index is 11.9. The molecule has 0 aliphatic heterocycles. The summed E-state index contributed by atoms with van der Waals surface area (Å²) in [5.41, 5.74) is 5.21. The maximum Gasteiger partial charge on any atom is 0.226 e. The molecule has 2 N–H and O–H groups in total. The van der Waals surface area contributed by atoms with E-state index in [1.807, 2.05) is 25.1 Å². The Balaban J connectivity index is 1.83. The second-order valence-corrected chi connectivity index (χ2v) is 5.91. The molecule has 0 bridgehead atoms. The molecule has 0 aliphatic rings. The Bertz CT molecular complexity index is 683. The van der Waals surface area contributed by atoms with Gasteiger partial charge in [0.25, 0.3) is 0 Å². The molecule has 0 spiro atoms. The third-order valence-corrected chi connectivity index (χ3v) is 3.91. The fourth-order valence-electron chi connectivity index (χ4n) is 2.22. The number of rotatable bonds is 5. The van der Waals surface area contributed by atoms with E-state index in [9.17, 15) is 4.79 Å². The molecule has 22 heavy (non-hydrogen) atoms. The van der Waals surface area contributed by atoms with Crippen LogP contribution in [-0.2, 0) is 4.79 Å². The molecule has 0 fully saturated rings. The molecule has 4 heteroatoms. The molecule has 1 amide bonds. The predicted molar refractivity (Wildman–Crippen MR) is 93.8 cm³/mol. The van der Waals surface area contributed by atoms with Crippen LogP contribution in [0.1, 0.15) is 23.1 Å². The minimum Gasteiger partial charge on any atom is -0.384 e. The van der Waals surface area contributed by atoms with Crippen LogP contribution in [0.3, 0.4) is 0 Å². The number of hydrogen-bond donors (Lipinski definition) is 2. The van der Waals surface area contributed by atoms with Crippen LogP contribution in [-0.4, -0.2) is 12.5 Å². The summed E-state index contributed by atoms with van der Waals surface area (Å²) in [6.45, 7) is 6.65. The van der Waals surface area contributed by atoms with E-state index in [1.54, 1.807) is 6.07 Å². The van der Waals surface area contributed by atoms with Gasteiger partial charge in [-0.05, 0) is 50.1 Å². The first-order valence-corrected chi connectivity index (χ1v) is 7.70. The van der Waals surface area contributed by atoms with Crippen LogP contribution in [0.25, 0.3) is 0 Å². The van der Waals surface area contributed by atoms with E-state index in [0.717, 1.165) is 16.9 Å². The summed E-state index contributed by atoms with van der Waals surface area (Å²) in [7, 11) is 0. The molecule has 3 nitrogen and oxygen atoms in total. The number of halogens is 1. The smallest absolute Gasteiger partial charge is 0.226 e. The largest absolute Gasteiger partial charge is 0.384 e. The van der Waals surface area contributed by atoms with Gasteiger partial charge in [0.2, 0.25) is 5.91 Å². The number of carbonyl (C=O) groups excluding carboxylic acids is 1. The van der Waals surface area contributed by atoms with Gasteiger partial charge in [-0.25, -0.2) is 0 Å². The number of anilines is 2. The van der Waals surface area contributed by atoms with Crippen LogP contribution < -0.4 is 10.6 Å². The molecule has 2 aromatic carbocycles. The summed E-state index contributed by atoms with van der Waals surface area (Å²) in [4.78, 5) is 11.9. The Labute approximate surface area is 136 Å². The molecule has 0 radical (unpaired) electrons. The van der Waals surface area contributed by atoms with Crippen LogP contribution in [0, 0.1) is 20.8 Å². The van der Waals surface area contributed by atoms with Crippen LogP contribution in [0.2, 0.25) is 5.02 Å². The average Bonchev–Trinajstić information content (AvgIpc) is 2.45. The molecule has 0 saturated carbocycles. The molecule has 0 saturated heterocycles. The summed E-state index contributed by atoms with van der Waals surface area (Å²) in [6.07, 6.45) is 0.402. The quantitative estimate of drug-likeness (QED) is 0.839. The molecule has 0 aliphatic carbocycles. The van der Waals surface area contributed by atoms with Crippen LogP contribution >= 0.6 is 11.6 Å². The Morgan fingerprint density at radius 2 is 1.82 bits per heavy atom. The van der Waals surface area contributed by atoms with Gasteiger partial charge >= 0.3 is 0 Å². The second kappa shape index (κ2) is 7.32. The maximum absolute atomic E-state index is 11.9. The number of benzene rings is 2. The van der Waals surface area contributed by atoms with Crippen LogP contribution in [0.5, 0.6) is 0 Å². The number of amides is 1. The van der Waals surface area contributed by atoms with Gasteiger partial charge in [0.05, 0.1) is 0 Å². The molecule has 0 heterocycles. The highest BCUT2D eigenvalue weighted by atomic mass is 35.5. The molecule has 0 atom stereocenters. The van der Waals surface area contributed by atoms with Crippen molar-refractivity contribution < 1.29 is 4.79 Å². The zero-order chi connectivity index (χ0) is 16.1. The molecule has 2 rings (SSSR count). The van der Waals surface area contributed by atoms with Crippen molar-refractivity contribution >= 4 is 28.9 Å². The van der Waals surface area contributed by atoms with Gasteiger partial charge in [-0.1, -0.05) is 35.4 Å². The van der Waals surface area contributed by atoms with Gasteiger partial charge < -0.3 is 10.6 Å². The summed E-state index contributed by atoms with van der Waals surface area (Å²) in [6, 6.07) is 11.7. The lowest BCUT2D eigenvalue weighted by Gasteiger charge is -2.11. The highest BCUT2D eigenvalue weighted by molar-refractivity contribution is 6.31. The lowest BCUT2D eigenvalue weighted by Crippen LogP contribution is -2.16. The fourth-order valence-corrected chi connectivity index (χ4v) is 2.40. The number of hydrogen-bond acceptors (Lipinski definition) is 2. The van der Waals surface area contributed by atoms with Gasteiger partial charge in [0, 0.05) is 29.4 Å². The topological polar surface area (TPSA) is 41.1 Å². The lowest BCUT2D eigenvalue weighted by atomic mass is 10.1. The first-order chi connectivity index (χ1) is 10.5. The number of aryl methyl sites for hydroxylation is 3. The van der Waals surface area contributed by atoms with E-state index in [-0.39, 0.29) is 5.91 Å². The van der Waals surface area contributed by atoms with Crippen molar-refractivity contribution in [2.45, 2.75) is 27.2 Å². The number of carbonyl (C=O) groups is 1. The zero-order valence-corrected chi connectivity index (χ0v) is 13.9. The van der Waals surface area contributed by atoms with E-state index in [4.69, 9.17) is 11.6 Å². The van der Waals surface area contributed by atoms with E-state index < -0.39 is 0 Å². The van der Waals surface area contributed by atoms with Gasteiger partial charge in [-0.3, -0.25) is 4.79 Å². The summed E-state index contributed by atoms with van der Waals surface area (Å²) >= 11 is 6.05. The Kier molecular flexibility index (Phi) is 5.45. The Hall–Kier alpha value is -2.00. The molecule has 116 valence electrons. The average molecular weight is 317 g/mol. The zero-order valence-electron chi connectivity index (χ0n) is 13.2. The van der Waals surface area contributed by atoms with Crippen molar-refractivity contribution in [1.82, 2.24) is 0 Å². The van der Waals surface area contributed by atoms with Crippen molar-refractivity contribution in [3.63, 3.8) is 0 Å². The highest BCUT2D eigenvalue weighted by Crippen LogP contribution is 2.20.